The SMILES string of the molecule is COc1cc(C(N)Cc2cccc(Cl)c2)ncn1. The van der Waals surface area contributed by atoms with Gasteiger partial charge in [-0.05, 0) is 24.1 Å². The zero-order chi connectivity index (χ0) is 13.0. The summed E-state index contributed by atoms with van der Waals surface area (Å²) in [4.78, 5) is 8.11. The number of ether oxygens (including phenoxy) is 1. The van der Waals surface area contributed by atoms with Crippen molar-refractivity contribution in [3.8, 4) is 5.88 Å². The molecule has 94 valence electrons. The van der Waals surface area contributed by atoms with Crippen molar-refractivity contribution in [2.24, 2.45) is 5.73 Å². The van der Waals surface area contributed by atoms with Gasteiger partial charge in [-0.1, -0.05) is 23.7 Å². The maximum Gasteiger partial charge on any atom is 0.216 e. The largest absolute Gasteiger partial charge is 0.481 e. The predicted molar refractivity (Wildman–Crippen MR) is 70.7 cm³/mol. The third-order valence-corrected chi connectivity index (χ3v) is 2.83. The third-order valence-electron chi connectivity index (χ3n) is 2.60. The summed E-state index contributed by atoms with van der Waals surface area (Å²) in [7, 11) is 1.56. The minimum Gasteiger partial charge on any atom is -0.481 e. The van der Waals surface area contributed by atoms with Crippen molar-refractivity contribution in [3.05, 3.63) is 52.9 Å². The van der Waals surface area contributed by atoms with Crippen molar-refractivity contribution >= 4 is 11.6 Å². The molecule has 1 aromatic heterocycles. The molecule has 1 unspecified atom stereocenters. The van der Waals surface area contributed by atoms with Crippen LogP contribution in [0.25, 0.3) is 0 Å². The molecule has 2 aromatic rings. The van der Waals surface area contributed by atoms with Crippen molar-refractivity contribution < 1.29 is 4.74 Å². The number of hydrogen-bond donors (Lipinski definition) is 1. The molecule has 0 aliphatic rings. The molecule has 0 saturated carbocycles. The maximum atomic E-state index is 6.11. The highest BCUT2D eigenvalue weighted by atomic mass is 35.5. The summed E-state index contributed by atoms with van der Waals surface area (Å²) in [5, 5.41) is 0.708. The van der Waals surface area contributed by atoms with Gasteiger partial charge in [0.1, 0.15) is 6.33 Å². The van der Waals surface area contributed by atoms with Crippen molar-refractivity contribution in [2.75, 3.05) is 7.11 Å². The highest BCUT2D eigenvalue weighted by Gasteiger charge is 2.10. The second-order valence-corrected chi connectivity index (χ2v) is 4.36. The number of halogens is 1. The number of rotatable bonds is 4. The number of methoxy groups -OCH3 is 1. The van der Waals surface area contributed by atoms with E-state index in [1.807, 2.05) is 24.3 Å². The molecular weight excluding hydrogens is 250 g/mol. The predicted octanol–water partition coefficient (Wildman–Crippen LogP) is 2.38. The van der Waals surface area contributed by atoms with Crippen LogP contribution < -0.4 is 10.5 Å². The molecule has 0 radical (unpaired) electrons. The van der Waals surface area contributed by atoms with Gasteiger partial charge in [0, 0.05) is 11.1 Å². The number of benzene rings is 1. The highest BCUT2D eigenvalue weighted by Crippen LogP contribution is 2.18. The molecule has 2 rings (SSSR count). The number of nitrogens with two attached hydrogens (primary N) is 1. The molecule has 0 fully saturated rings. The Morgan fingerprint density at radius 1 is 1.33 bits per heavy atom. The fourth-order valence-corrected chi connectivity index (χ4v) is 1.90. The Kier molecular flexibility index (Phi) is 4.12. The van der Waals surface area contributed by atoms with E-state index in [-0.39, 0.29) is 6.04 Å². The van der Waals surface area contributed by atoms with Crippen molar-refractivity contribution in [2.45, 2.75) is 12.5 Å². The summed E-state index contributed by atoms with van der Waals surface area (Å²) in [5.74, 6) is 0.515. The van der Waals surface area contributed by atoms with Crippen LogP contribution in [0, 0.1) is 0 Å². The topological polar surface area (TPSA) is 61.0 Å². The first-order valence-electron chi connectivity index (χ1n) is 5.55. The standard InChI is InChI=1S/C13H14ClN3O/c1-18-13-7-12(16-8-17-13)11(15)6-9-3-2-4-10(14)5-9/h2-5,7-8,11H,6,15H2,1H3. The summed E-state index contributed by atoms with van der Waals surface area (Å²) < 4.78 is 5.05. The molecule has 0 spiro atoms. The van der Waals surface area contributed by atoms with Crippen molar-refractivity contribution in [1.29, 1.82) is 0 Å². The van der Waals surface area contributed by atoms with Crippen LogP contribution >= 0.6 is 11.6 Å². The van der Waals surface area contributed by atoms with Gasteiger partial charge in [0.05, 0.1) is 18.8 Å². The molecule has 0 bridgehead atoms. The smallest absolute Gasteiger partial charge is 0.216 e. The van der Waals surface area contributed by atoms with Gasteiger partial charge in [-0.15, -0.1) is 0 Å². The quantitative estimate of drug-likeness (QED) is 0.920. The maximum absolute atomic E-state index is 6.11. The van der Waals surface area contributed by atoms with Gasteiger partial charge in [-0.25, -0.2) is 9.97 Å². The lowest BCUT2D eigenvalue weighted by atomic mass is 10.0. The molecule has 18 heavy (non-hydrogen) atoms. The molecule has 5 heteroatoms. The first-order chi connectivity index (χ1) is 8.69. The Morgan fingerprint density at radius 3 is 2.89 bits per heavy atom. The summed E-state index contributed by atoms with van der Waals surface area (Å²) in [5.41, 5.74) is 7.94. The average Bonchev–Trinajstić information content (AvgIpc) is 2.39. The fourth-order valence-electron chi connectivity index (χ4n) is 1.69. The van der Waals surface area contributed by atoms with Crippen LogP contribution in [0.1, 0.15) is 17.3 Å². The number of hydrogen-bond acceptors (Lipinski definition) is 4. The normalized spacial score (nSPS) is 12.2. The lowest BCUT2D eigenvalue weighted by Crippen LogP contribution is -2.15. The van der Waals surface area contributed by atoms with E-state index in [1.54, 1.807) is 13.2 Å². The zero-order valence-electron chi connectivity index (χ0n) is 10.0. The summed E-state index contributed by atoms with van der Waals surface area (Å²) in [6.45, 7) is 0. The van der Waals surface area contributed by atoms with E-state index in [1.165, 1.54) is 6.33 Å². The highest BCUT2D eigenvalue weighted by molar-refractivity contribution is 6.30. The third kappa shape index (κ3) is 3.18. The fraction of sp³-hybridized carbons (Fsp3) is 0.231. The van der Waals surface area contributed by atoms with E-state index in [2.05, 4.69) is 9.97 Å². The zero-order valence-corrected chi connectivity index (χ0v) is 10.8. The van der Waals surface area contributed by atoms with Crippen LogP contribution in [0.4, 0.5) is 0 Å². The summed E-state index contributed by atoms with van der Waals surface area (Å²) in [6.07, 6.45) is 2.12. The van der Waals surface area contributed by atoms with E-state index < -0.39 is 0 Å². The van der Waals surface area contributed by atoms with Crippen molar-refractivity contribution in [1.82, 2.24) is 9.97 Å². The van der Waals surface area contributed by atoms with E-state index in [4.69, 9.17) is 22.1 Å². The minimum absolute atomic E-state index is 0.208. The molecule has 0 aliphatic carbocycles. The van der Waals surface area contributed by atoms with E-state index >= 15 is 0 Å². The van der Waals surface area contributed by atoms with Crippen LogP contribution in [0.3, 0.4) is 0 Å². The molecule has 1 aromatic carbocycles. The van der Waals surface area contributed by atoms with Gasteiger partial charge in [-0.2, -0.15) is 0 Å². The molecule has 4 nitrogen and oxygen atoms in total. The molecule has 1 heterocycles. The van der Waals surface area contributed by atoms with Crippen LogP contribution in [0.5, 0.6) is 5.88 Å². The molecular formula is C13H14ClN3O. The van der Waals surface area contributed by atoms with E-state index in [0.29, 0.717) is 17.3 Å². The summed E-state index contributed by atoms with van der Waals surface area (Å²) in [6, 6.07) is 9.18. The Morgan fingerprint density at radius 2 is 2.17 bits per heavy atom. The Hall–Kier alpha value is -1.65. The van der Waals surface area contributed by atoms with Gasteiger partial charge >= 0.3 is 0 Å². The first-order valence-corrected chi connectivity index (χ1v) is 5.93. The molecule has 2 N–H and O–H groups in total. The van der Waals surface area contributed by atoms with Crippen LogP contribution in [0.2, 0.25) is 5.02 Å². The van der Waals surface area contributed by atoms with Crippen LogP contribution in [0.15, 0.2) is 36.7 Å². The monoisotopic (exact) mass is 263 g/mol. The Labute approximate surface area is 111 Å². The van der Waals surface area contributed by atoms with Gasteiger partial charge < -0.3 is 10.5 Å². The average molecular weight is 264 g/mol. The van der Waals surface area contributed by atoms with Crippen LogP contribution in [-0.2, 0) is 6.42 Å². The minimum atomic E-state index is -0.208. The van der Waals surface area contributed by atoms with Gasteiger partial charge in [-0.3, -0.25) is 0 Å². The number of aromatic nitrogens is 2. The van der Waals surface area contributed by atoms with Gasteiger partial charge in [0.2, 0.25) is 5.88 Å². The van der Waals surface area contributed by atoms with E-state index in [0.717, 1.165) is 11.3 Å². The summed E-state index contributed by atoms with van der Waals surface area (Å²) >= 11 is 5.94. The van der Waals surface area contributed by atoms with Crippen LogP contribution in [-0.4, -0.2) is 17.1 Å². The van der Waals surface area contributed by atoms with Gasteiger partial charge in [0.15, 0.2) is 0 Å². The second-order valence-electron chi connectivity index (χ2n) is 3.93. The number of nitrogens with zero attached hydrogens (tertiary/aromatic N) is 2. The molecule has 1 atom stereocenters. The lowest BCUT2D eigenvalue weighted by Gasteiger charge is -2.11. The Bertz CT molecular complexity index is 533. The van der Waals surface area contributed by atoms with E-state index in [9.17, 15) is 0 Å². The molecule has 0 aliphatic heterocycles. The van der Waals surface area contributed by atoms with Gasteiger partial charge in [0.25, 0.3) is 0 Å². The first kappa shape index (κ1) is 12.8. The lowest BCUT2D eigenvalue weighted by molar-refractivity contribution is 0.395. The van der Waals surface area contributed by atoms with Crippen molar-refractivity contribution in [3.63, 3.8) is 0 Å². The Balaban J connectivity index is 2.13. The molecule has 0 amide bonds. The molecule has 0 saturated heterocycles. The second kappa shape index (κ2) is 5.80.